The lowest BCUT2D eigenvalue weighted by atomic mass is 10.5. The molecule has 0 heterocycles. The van der Waals surface area contributed by atoms with Crippen molar-refractivity contribution in [3.63, 3.8) is 0 Å². The largest absolute Gasteiger partial charge is 0.395 e. The van der Waals surface area contributed by atoms with Crippen LogP contribution in [0.15, 0.2) is 0 Å². The molecule has 0 saturated carbocycles. The fourth-order valence-electron chi connectivity index (χ4n) is 0.762. The lowest BCUT2D eigenvalue weighted by Gasteiger charge is -2.21. The Balaban J connectivity index is 3.38. The van der Waals surface area contributed by atoms with Crippen LogP contribution < -0.4 is 0 Å². The standard InChI is InChI=1S/C7H17ClO2Si/c1-4-9-11(2,3)10-7-5-6-8/h4-7H2,1-3H3. The minimum Gasteiger partial charge on any atom is -0.395 e. The highest BCUT2D eigenvalue weighted by Gasteiger charge is 2.22. The lowest BCUT2D eigenvalue weighted by molar-refractivity contribution is 0.187. The van der Waals surface area contributed by atoms with Crippen LogP contribution in [0.25, 0.3) is 0 Å². The molecule has 0 rings (SSSR count). The van der Waals surface area contributed by atoms with Crippen LogP contribution in [0.5, 0.6) is 0 Å². The third-order valence-corrected chi connectivity index (χ3v) is 3.37. The number of hydrogen-bond acceptors (Lipinski definition) is 2. The Morgan fingerprint density at radius 3 is 2.36 bits per heavy atom. The van der Waals surface area contributed by atoms with E-state index >= 15 is 0 Å². The van der Waals surface area contributed by atoms with Crippen molar-refractivity contribution >= 4 is 20.2 Å². The molecule has 0 spiro atoms. The maximum Gasteiger partial charge on any atom is 0.331 e. The molecule has 0 unspecified atom stereocenters. The van der Waals surface area contributed by atoms with E-state index in [4.69, 9.17) is 20.5 Å². The van der Waals surface area contributed by atoms with Crippen molar-refractivity contribution in [2.45, 2.75) is 26.4 Å². The van der Waals surface area contributed by atoms with Gasteiger partial charge in [-0.2, -0.15) is 0 Å². The average Bonchev–Trinajstić information content (AvgIpc) is 1.87. The van der Waals surface area contributed by atoms with Gasteiger partial charge in [0.2, 0.25) is 0 Å². The Hall–Kier alpha value is 0.427. The molecule has 0 saturated heterocycles. The van der Waals surface area contributed by atoms with Crippen LogP contribution in [0, 0.1) is 0 Å². The highest BCUT2D eigenvalue weighted by atomic mass is 35.5. The van der Waals surface area contributed by atoms with Crippen molar-refractivity contribution in [2.24, 2.45) is 0 Å². The monoisotopic (exact) mass is 196 g/mol. The summed E-state index contributed by atoms with van der Waals surface area (Å²) in [5.41, 5.74) is 0. The van der Waals surface area contributed by atoms with Crippen LogP contribution in [0.2, 0.25) is 13.1 Å². The molecule has 0 fully saturated rings. The van der Waals surface area contributed by atoms with Crippen LogP contribution in [-0.4, -0.2) is 27.7 Å². The minimum atomic E-state index is -1.80. The zero-order chi connectivity index (χ0) is 8.74. The van der Waals surface area contributed by atoms with Gasteiger partial charge < -0.3 is 8.85 Å². The molecule has 0 aromatic heterocycles. The van der Waals surface area contributed by atoms with Gasteiger partial charge >= 0.3 is 8.56 Å². The van der Waals surface area contributed by atoms with Gasteiger partial charge in [-0.15, -0.1) is 11.6 Å². The van der Waals surface area contributed by atoms with E-state index in [1.54, 1.807) is 0 Å². The second-order valence-electron chi connectivity index (χ2n) is 2.72. The van der Waals surface area contributed by atoms with E-state index < -0.39 is 8.56 Å². The summed E-state index contributed by atoms with van der Waals surface area (Å²) in [6, 6.07) is 0. The molecule has 0 bridgehead atoms. The summed E-state index contributed by atoms with van der Waals surface area (Å²) in [7, 11) is -1.80. The molecule has 2 nitrogen and oxygen atoms in total. The molecule has 0 atom stereocenters. The van der Waals surface area contributed by atoms with Crippen molar-refractivity contribution in [2.75, 3.05) is 19.1 Å². The van der Waals surface area contributed by atoms with Crippen LogP contribution in [0.4, 0.5) is 0 Å². The summed E-state index contributed by atoms with van der Waals surface area (Å²) in [6.07, 6.45) is 0.908. The second kappa shape index (κ2) is 6.00. The normalized spacial score (nSPS) is 12.0. The third-order valence-electron chi connectivity index (χ3n) is 1.22. The minimum absolute atomic E-state index is 0.663. The molecule has 0 N–H and O–H groups in total. The summed E-state index contributed by atoms with van der Waals surface area (Å²) in [5.74, 6) is 0.663. The molecule has 0 aliphatic carbocycles. The maximum absolute atomic E-state index is 5.54. The van der Waals surface area contributed by atoms with Crippen LogP contribution in [0.1, 0.15) is 13.3 Å². The van der Waals surface area contributed by atoms with Crippen molar-refractivity contribution in [1.82, 2.24) is 0 Å². The van der Waals surface area contributed by atoms with Crippen molar-refractivity contribution in [1.29, 1.82) is 0 Å². The Labute approximate surface area is 75.1 Å². The number of halogens is 1. The third kappa shape index (κ3) is 6.81. The highest BCUT2D eigenvalue weighted by molar-refractivity contribution is 6.64. The zero-order valence-corrected chi connectivity index (χ0v) is 9.28. The predicted molar refractivity (Wildman–Crippen MR) is 50.4 cm³/mol. The molecular formula is C7H17ClO2Si. The SMILES string of the molecule is CCO[Si](C)(C)OCCCCl. The fraction of sp³-hybridized carbons (Fsp3) is 1.00. The summed E-state index contributed by atoms with van der Waals surface area (Å²) in [4.78, 5) is 0. The predicted octanol–water partition coefficient (Wildman–Crippen LogP) is 2.37. The van der Waals surface area contributed by atoms with Crippen LogP contribution >= 0.6 is 11.6 Å². The van der Waals surface area contributed by atoms with Gasteiger partial charge in [0.15, 0.2) is 0 Å². The first-order chi connectivity index (χ1) is 5.12. The Bertz CT molecular complexity index is 98.4. The van der Waals surface area contributed by atoms with Crippen molar-refractivity contribution in [3.8, 4) is 0 Å². The first-order valence-corrected chi connectivity index (χ1v) is 7.31. The lowest BCUT2D eigenvalue weighted by Crippen LogP contribution is -2.35. The van der Waals surface area contributed by atoms with Crippen LogP contribution in [0.3, 0.4) is 0 Å². The van der Waals surface area contributed by atoms with E-state index in [1.807, 2.05) is 20.0 Å². The van der Waals surface area contributed by atoms with Gasteiger partial charge in [0.05, 0.1) is 0 Å². The van der Waals surface area contributed by atoms with E-state index in [0.717, 1.165) is 19.6 Å². The molecule has 11 heavy (non-hydrogen) atoms. The molecule has 0 aliphatic rings. The number of rotatable bonds is 6. The number of alkyl halides is 1. The van der Waals surface area contributed by atoms with Gasteiger partial charge in [0.1, 0.15) is 0 Å². The maximum atomic E-state index is 5.54. The fourth-order valence-corrected chi connectivity index (χ4v) is 2.29. The smallest absolute Gasteiger partial charge is 0.331 e. The highest BCUT2D eigenvalue weighted by Crippen LogP contribution is 2.06. The van der Waals surface area contributed by atoms with E-state index in [0.29, 0.717) is 5.88 Å². The van der Waals surface area contributed by atoms with Crippen molar-refractivity contribution in [3.05, 3.63) is 0 Å². The summed E-state index contributed by atoms with van der Waals surface area (Å²) in [6.45, 7) is 7.54. The molecule has 0 radical (unpaired) electrons. The van der Waals surface area contributed by atoms with E-state index in [-0.39, 0.29) is 0 Å². The van der Waals surface area contributed by atoms with Gasteiger partial charge in [0, 0.05) is 19.1 Å². The Morgan fingerprint density at radius 2 is 1.91 bits per heavy atom. The summed E-state index contributed by atoms with van der Waals surface area (Å²) >= 11 is 5.50. The van der Waals surface area contributed by atoms with Gasteiger partial charge in [-0.25, -0.2) is 0 Å². The molecule has 68 valence electrons. The van der Waals surface area contributed by atoms with Gasteiger partial charge in [-0.05, 0) is 26.4 Å². The quantitative estimate of drug-likeness (QED) is 0.369. The van der Waals surface area contributed by atoms with E-state index in [1.165, 1.54) is 0 Å². The molecular weight excluding hydrogens is 180 g/mol. The Kier molecular flexibility index (Phi) is 6.23. The first-order valence-electron chi connectivity index (χ1n) is 3.96. The van der Waals surface area contributed by atoms with Crippen LogP contribution in [-0.2, 0) is 8.85 Å². The van der Waals surface area contributed by atoms with Gasteiger partial charge in [-0.1, -0.05) is 0 Å². The van der Waals surface area contributed by atoms with E-state index in [2.05, 4.69) is 0 Å². The molecule has 0 aliphatic heterocycles. The van der Waals surface area contributed by atoms with Gasteiger partial charge in [0.25, 0.3) is 0 Å². The second-order valence-corrected chi connectivity index (χ2v) is 6.48. The summed E-state index contributed by atoms with van der Waals surface area (Å²) in [5, 5.41) is 0. The summed E-state index contributed by atoms with van der Waals surface area (Å²) < 4.78 is 11.0. The number of hydrogen-bond donors (Lipinski definition) is 0. The average molecular weight is 197 g/mol. The van der Waals surface area contributed by atoms with Crippen molar-refractivity contribution < 1.29 is 8.85 Å². The Morgan fingerprint density at radius 1 is 1.27 bits per heavy atom. The molecule has 0 amide bonds. The van der Waals surface area contributed by atoms with E-state index in [9.17, 15) is 0 Å². The molecule has 0 aromatic carbocycles. The van der Waals surface area contributed by atoms with Gasteiger partial charge in [-0.3, -0.25) is 0 Å². The molecule has 0 aromatic rings. The zero-order valence-electron chi connectivity index (χ0n) is 7.52. The first kappa shape index (κ1) is 11.4. The topological polar surface area (TPSA) is 18.5 Å². The molecule has 4 heteroatoms.